The number of aromatic nitrogens is 2. The van der Waals surface area contributed by atoms with Gasteiger partial charge >= 0.3 is 6.03 Å². The van der Waals surface area contributed by atoms with Crippen molar-refractivity contribution < 1.29 is 17.7 Å². The maximum Gasteiger partial charge on any atom is 0.315 e. The first-order valence-corrected chi connectivity index (χ1v) is 11.4. The van der Waals surface area contributed by atoms with E-state index in [1.165, 1.54) is 10.6 Å². The van der Waals surface area contributed by atoms with E-state index in [4.69, 9.17) is 4.52 Å². The molecular weight excluding hydrogens is 370 g/mol. The van der Waals surface area contributed by atoms with E-state index in [1.54, 1.807) is 6.92 Å². The molecule has 9 nitrogen and oxygen atoms in total. The Balaban J connectivity index is 1.49. The second kappa shape index (κ2) is 6.73. The molecule has 2 aliphatic carbocycles. The van der Waals surface area contributed by atoms with Gasteiger partial charge in [0.1, 0.15) is 0 Å². The maximum absolute atomic E-state index is 12.4. The quantitative estimate of drug-likeness (QED) is 0.780. The Morgan fingerprint density at radius 2 is 1.96 bits per heavy atom. The van der Waals surface area contributed by atoms with Crippen LogP contribution < -0.4 is 10.6 Å². The number of nitrogens with one attached hydrogen (secondary N) is 2. The number of carbonyl (C=O) groups is 1. The van der Waals surface area contributed by atoms with E-state index in [1.807, 2.05) is 0 Å². The van der Waals surface area contributed by atoms with Crippen LogP contribution in [0.15, 0.2) is 4.52 Å². The van der Waals surface area contributed by atoms with Crippen molar-refractivity contribution in [1.82, 2.24) is 25.1 Å². The molecule has 2 amide bonds. The molecule has 2 heterocycles. The topological polar surface area (TPSA) is 117 Å². The summed E-state index contributed by atoms with van der Waals surface area (Å²) in [6.45, 7) is 2.49. The third-order valence-corrected chi connectivity index (χ3v) is 7.51. The molecular formula is C17H27N5O4S. The first-order valence-electron chi connectivity index (χ1n) is 9.59. The van der Waals surface area contributed by atoms with Crippen molar-refractivity contribution in [2.45, 2.75) is 62.9 Å². The molecule has 1 aliphatic heterocycles. The zero-order valence-electron chi connectivity index (χ0n) is 15.8. The Kier molecular flexibility index (Phi) is 4.66. The Morgan fingerprint density at radius 1 is 1.26 bits per heavy atom. The molecule has 0 bridgehead atoms. The second-order valence-electron chi connectivity index (χ2n) is 8.29. The molecule has 0 radical (unpaired) electrons. The van der Waals surface area contributed by atoms with Gasteiger partial charge in [-0.2, -0.15) is 4.98 Å². The summed E-state index contributed by atoms with van der Waals surface area (Å²) < 4.78 is 31.1. The zero-order valence-corrected chi connectivity index (χ0v) is 16.6. The first-order chi connectivity index (χ1) is 12.8. The number of sulfonamides is 1. The molecule has 27 heavy (non-hydrogen) atoms. The van der Waals surface area contributed by atoms with Gasteiger partial charge in [-0.05, 0) is 38.5 Å². The van der Waals surface area contributed by atoms with Crippen molar-refractivity contribution in [1.29, 1.82) is 0 Å². The molecule has 0 spiro atoms. The van der Waals surface area contributed by atoms with Crippen LogP contribution in [0.25, 0.3) is 0 Å². The van der Waals surface area contributed by atoms with Crippen LogP contribution in [0.3, 0.4) is 0 Å². The molecule has 4 rings (SSSR count). The Morgan fingerprint density at radius 3 is 2.59 bits per heavy atom. The van der Waals surface area contributed by atoms with Crippen LogP contribution >= 0.6 is 0 Å². The van der Waals surface area contributed by atoms with Gasteiger partial charge in [0.15, 0.2) is 5.82 Å². The van der Waals surface area contributed by atoms with Gasteiger partial charge in [-0.15, -0.1) is 0 Å². The van der Waals surface area contributed by atoms with Gasteiger partial charge < -0.3 is 15.2 Å². The van der Waals surface area contributed by atoms with E-state index in [9.17, 15) is 13.2 Å². The van der Waals surface area contributed by atoms with E-state index in [-0.39, 0.29) is 24.0 Å². The summed E-state index contributed by atoms with van der Waals surface area (Å²) in [6, 6.07) is 0.0909. The Labute approximate surface area is 159 Å². The summed E-state index contributed by atoms with van der Waals surface area (Å²) in [5.41, 5.74) is -0.532. The van der Waals surface area contributed by atoms with E-state index in [2.05, 4.69) is 20.8 Å². The van der Waals surface area contributed by atoms with Crippen LogP contribution in [0, 0.1) is 12.8 Å². The van der Waals surface area contributed by atoms with Crippen LogP contribution in [0.5, 0.6) is 0 Å². The molecule has 1 saturated heterocycles. The predicted octanol–water partition coefficient (Wildman–Crippen LogP) is 0.911. The minimum atomic E-state index is -3.30. The average molecular weight is 398 g/mol. The largest absolute Gasteiger partial charge is 0.339 e. The third-order valence-electron chi connectivity index (χ3n) is 6.29. The maximum atomic E-state index is 12.4. The fourth-order valence-electron chi connectivity index (χ4n) is 5.00. The zero-order chi connectivity index (χ0) is 19.2. The normalized spacial score (nSPS) is 31.9. The number of hydrogen-bond acceptors (Lipinski definition) is 6. The standard InChI is InChI=1S/C17H27N5O4S/c1-11-18-15(26-21-11)17-8-14(20-16(23)19-13-5-3-4-6-13)7-12(17)9-22(10-17)27(2,24)25/h12-14H,3-10H2,1-2H3,(H2,19,20,23)/t12-,14+,17-/m0/s1. The van der Waals surface area contributed by atoms with Gasteiger partial charge in [-0.1, -0.05) is 18.0 Å². The van der Waals surface area contributed by atoms with Crippen molar-refractivity contribution in [3.8, 4) is 0 Å². The summed E-state index contributed by atoms with van der Waals surface area (Å²) in [7, 11) is -3.30. The average Bonchev–Trinajstić information content (AvgIpc) is 3.29. The van der Waals surface area contributed by atoms with Crippen molar-refractivity contribution in [3.63, 3.8) is 0 Å². The predicted molar refractivity (Wildman–Crippen MR) is 97.6 cm³/mol. The van der Waals surface area contributed by atoms with Crippen LogP contribution in [0.2, 0.25) is 0 Å². The van der Waals surface area contributed by atoms with E-state index in [0.29, 0.717) is 37.6 Å². The molecule has 2 saturated carbocycles. The van der Waals surface area contributed by atoms with Crippen molar-refractivity contribution in [3.05, 3.63) is 11.7 Å². The number of rotatable bonds is 4. The highest BCUT2D eigenvalue weighted by Gasteiger charge is 2.59. The van der Waals surface area contributed by atoms with Gasteiger partial charge in [0, 0.05) is 25.2 Å². The van der Waals surface area contributed by atoms with E-state index in [0.717, 1.165) is 25.7 Å². The molecule has 1 aromatic heterocycles. The molecule has 3 fully saturated rings. The molecule has 10 heteroatoms. The summed E-state index contributed by atoms with van der Waals surface area (Å²) in [4.78, 5) is 16.8. The van der Waals surface area contributed by atoms with E-state index < -0.39 is 15.4 Å². The Bertz CT molecular complexity index is 819. The van der Waals surface area contributed by atoms with Crippen LogP contribution in [-0.4, -0.2) is 60.3 Å². The van der Waals surface area contributed by atoms with Gasteiger partial charge in [0.25, 0.3) is 0 Å². The van der Waals surface area contributed by atoms with Gasteiger partial charge in [-0.3, -0.25) is 0 Å². The van der Waals surface area contributed by atoms with Crippen molar-refractivity contribution >= 4 is 16.1 Å². The highest BCUT2D eigenvalue weighted by molar-refractivity contribution is 7.88. The highest BCUT2D eigenvalue weighted by Crippen LogP contribution is 2.50. The summed E-state index contributed by atoms with van der Waals surface area (Å²) in [5.74, 6) is 1.06. The minimum Gasteiger partial charge on any atom is -0.339 e. The molecule has 2 N–H and O–H groups in total. The minimum absolute atomic E-state index is 0.0367. The highest BCUT2D eigenvalue weighted by atomic mass is 32.2. The number of aryl methyl sites for hydroxylation is 1. The molecule has 1 aromatic rings. The van der Waals surface area contributed by atoms with Gasteiger partial charge in [-0.25, -0.2) is 17.5 Å². The van der Waals surface area contributed by atoms with Gasteiger partial charge in [0.05, 0.1) is 11.7 Å². The number of nitrogens with zero attached hydrogens (tertiary/aromatic N) is 3. The monoisotopic (exact) mass is 397 g/mol. The lowest BCUT2D eigenvalue weighted by atomic mass is 9.80. The molecule has 3 atom stereocenters. The fraction of sp³-hybridized carbons (Fsp3) is 0.824. The number of fused-ring (bicyclic) bond motifs is 1. The molecule has 0 unspecified atom stereocenters. The lowest BCUT2D eigenvalue weighted by Gasteiger charge is -2.25. The Hall–Kier alpha value is -1.68. The van der Waals surface area contributed by atoms with Crippen LogP contribution in [0.1, 0.15) is 50.2 Å². The SMILES string of the molecule is Cc1noc([C@]23C[C@H](NC(=O)NC4CCCC4)C[C@H]2CN(S(C)(=O)=O)C3)n1. The number of carbonyl (C=O) groups excluding carboxylic acids is 1. The molecule has 0 aromatic carbocycles. The molecule has 3 aliphatic rings. The molecule has 150 valence electrons. The fourth-order valence-corrected chi connectivity index (χ4v) is 5.92. The number of hydrogen-bond donors (Lipinski definition) is 2. The lowest BCUT2D eigenvalue weighted by Crippen LogP contribution is -2.46. The lowest BCUT2D eigenvalue weighted by molar-refractivity contribution is 0.230. The third kappa shape index (κ3) is 3.56. The second-order valence-corrected chi connectivity index (χ2v) is 10.3. The first kappa shape index (κ1) is 18.7. The van der Waals surface area contributed by atoms with Crippen molar-refractivity contribution in [2.75, 3.05) is 19.3 Å². The summed E-state index contributed by atoms with van der Waals surface area (Å²) >= 11 is 0. The van der Waals surface area contributed by atoms with Gasteiger partial charge in [0.2, 0.25) is 15.9 Å². The summed E-state index contributed by atoms with van der Waals surface area (Å²) in [6.07, 6.45) is 6.93. The summed E-state index contributed by atoms with van der Waals surface area (Å²) in [5, 5.41) is 10.0. The van der Waals surface area contributed by atoms with Crippen molar-refractivity contribution in [2.24, 2.45) is 5.92 Å². The smallest absolute Gasteiger partial charge is 0.315 e. The number of urea groups is 1. The number of amides is 2. The van der Waals surface area contributed by atoms with Crippen LogP contribution in [-0.2, 0) is 15.4 Å². The van der Waals surface area contributed by atoms with E-state index >= 15 is 0 Å². The van der Waals surface area contributed by atoms with Crippen LogP contribution in [0.4, 0.5) is 4.79 Å².